The van der Waals surface area contributed by atoms with Crippen molar-refractivity contribution >= 4 is 0 Å². The Morgan fingerprint density at radius 2 is 1.80 bits per heavy atom. The lowest BCUT2D eigenvalue weighted by Crippen LogP contribution is -2.44. The monoisotopic (exact) mass is 157 g/mol. The van der Waals surface area contributed by atoms with E-state index in [9.17, 15) is 13.2 Å². The molecule has 0 aliphatic rings. The Morgan fingerprint density at radius 1 is 1.40 bits per heavy atom. The van der Waals surface area contributed by atoms with Crippen LogP contribution in [0.25, 0.3) is 0 Å². The molecule has 0 rings (SSSR count). The van der Waals surface area contributed by atoms with Crippen molar-refractivity contribution in [3.8, 4) is 0 Å². The number of hydrogen-bond acceptors (Lipinski definition) is 2. The third kappa shape index (κ3) is 2.53. The number of alkyl halides is 3. The first-order valence-corrected chi connectivity index (χ1v) is 2.81. The molecule has 0 aliphatic carbocycles. The largest absolute Gasteiger partial charge is 0.415 e. The van der Waals surface area contributed by atoms with E-state index in [0.717, 1.165) is 0 Å². The van der Waals surface area contributed by atoms with Crippen LogP contribution in [-0.4, -0.2) is 30.5 Å². The van der Waals surface area contributed by atoms with Crippen molar-refractivity contribution < 1.29 is 18.3 Å². The Balaban J connectivity index is 3.94. The highest BCUT2D eigenvalue weighted by molar-refractivity contribution is 4.75. The second kappa shape index (κ2) is 3.21. The molecule has 0 fully saturated rings. The minimum atomic E-state index is -4.53. The van der Waals surface area contributed by atoms with Gasteiger partial charge in [0.25, 0.3) is 0 Å². The number of rotatable bonds is 2. The van der Waals surface area contributed by atoms with Gasteiger partial charge in [0.05, 0.1) is 0 Å². The lowest BCUT2D eigenvalue weighted by molar-refractivity contribution is -0.210. The minimum Gasteiger partial charge on any atom is -0.382 e. The SMILES string of the molecule is CNC(C)C(O)C(F)(F)F. The van der Waals surface area contributed by atoms with E-state index in [0.29, 0.717) is 0 Å². The van der Waals surface area contributed by atoms with Gasteiger partial charge in [0.2, 0.25) is 0 Å². The first-order chi connectivity index (χ1) is 4.39. The molecule has 2 unspecified atom stereocenters. The molecule has 0 aromatic rings. The Bertz CT molecular complexity index is 104. The van der Waals surface area contributed by atoms with E-state index in [2.05, 4.69) is 5.32 Å². The normalized spacial score (nSPS) is 18.6. The molecule has 2 atom stereocenters. The number of likely N-dealkylation sites (N-methyl/N-ethyl adjacent to an activating group) is 1. The number of hydrogen-bond donors (Lipinski definition) is 2. The van der Waals surface area contributed by atoms with Gasteiger partial charge in [0.15, 0.2) is 6.10 Å². The second-order valence-corrected chi connectivity index (χ2v) is 2.06. The summed E-state index contributed by atoms with van der Waals surface area (Å²) in [5.74, 6) is 0. The molecule has 0 aromatic carbocycles. The standard InChI is InChI=1S/C5H10F3NO/c1-3(9-2)4(10)5(6,7)8/h3-4,9-10H,1-2H3. The zero-order valence-corrected chi connectivity index (χ0v) is 5.74. The van der Waals surface area contributed by atoms with Gasteiger partial charge in [-0.2, -0.15) is 13.2 Å². The van der Waals surface area contributed by atoms with Gasteiger partial charge in [-0.25, -0.2) is 0 Å². The zero-order valence-electron chi connectivity index (χ0n) is 5.74. The van der Waals surface area contributed by atoms with Crippen LogP contribution < -0.4 is 5.32 Å². The van der Waals surface area contributed by atoms with Crippen molar-refractivity contribution in [1.82, 2.24) is 5.32 Å². The van der Waals surface area contributed by atoms with Crippen molar-refractivity contribution in [3.63, 3.8) is 0 Å². The molecule has 10 heavy (non-hydrogen) atoms. The van der Waals surface area contributed by atoms with E-state index in [4.69, 9.17) is 5.11 Å². The van der Waals surface area contributed by atoms with Crippen LogP contribution >= 0.6 is 0 Å². The molecule has 0 heterocycles. The summed E-state index contributed by atoms with van der Waals surface area (Å²) in [7, 11) is 1.36. The van der Waals surface area contributed by atoms with Gasteiger partial charge in [0.1, 0.15) is 0 Å². The van der Waals surface area contributed by atoms with Crippen LogP contribution in [0.5, 0.6) is 0 Å². The second-order valence-electron chi connectivity index (χ2n) is 2.06. The molecule has 2 N–H and O–H groups in total. The molecule has 2 nitrogen and oxygen atoms in total. The summed E-state index contributed by atoms with van der Waals surface area (Å²) in [4.78, 5) is 0. The van der Waals surface area contributed by atoms with E-state index >= 15 is 0 Å². The molecule has 0 aliphatic heterocycles. The fourth-order valence-electron chi connectivity index (χ4n) is 0.441. The van der Waals surface area contributed by atoms with Gasteiger partial charge in [-0.1, -0.05) is 0 Å². The summed E-state index contributed by atoms with van der Waals surface area (Å²) < 4.78 is 34.8. The van der Waals surface area contributed by atoms with Crippen molar-refractivity contribution in [2.75, 3.05) is 7.05 Å². The number of halogens is 3. The summed E-state index contributed by atoms with van der Waals surface area (Å²) in [5, 5.41) is 10.8. The van der Waals surface area contributed by atoms with E-state index in [1.165, 1.54) is 14.0 Å². The van der Waals surface area contributed by atoms with Crippen molar-refractivity contribution in [3.05, 3.63) is 0 Å². The average Bonchev–Trinajstić information content (AvgIpc) is 1.83. The highest BCUT2D eigenvalue weighted by atomic mass is 19.4. The maximum absolute atomic E-state index is 11.6. The van der Waals surface area contributed by atoms with Crippen molar-refractivity contribution in [1.29, 1.82) is 0 Å². The van der Waals surface area contributed by atoms with Gasteiger partial charge in [0, 0.05) is 6.04 Å². The maximum atomic E-state index is 11.6. The Morgan fingerprint density at radius 3 is 1.90 bits per heavy atom. The summed E-state index contributed by atoms with van der Waals surface area (Å²) in [5.41, 5.74) is 0. The van der Waals surface area contributed by atoms with Crippen LogP contribution in [0, 0.1) is 0 Å². The molecule has 0 saturated carbocycles. The zero-order chi connectivity index (χ0) is 8.36. The first kappa shape index (κ1) is 9.71. The van der Waals surface area contributed by atoms with Gasteiger partial charge >= 0.3 is 6.18 Å². The number of aliphatic hydroxyl groups is 1. The van der Waals surface area contributed by atoms with E-state index in [-0.39, 0.29) is 0 Å². The predicted molar refractivity (Wildman–Crippen MR) is 30.6 cm³/mol. The molecule has 0 saturated heterocycles. The highest BCUT2D eigenvalue weighted by Crippen LogP contribution is 2.21. The van der Waals surface area contributed by atoms with Crippen LogP contribution in [0.2, 0.25) is 0 Å². The Hall–Kier alpha value is -0.290. The van der Waals surface area contributed by atoms with E-state index in [1.807, 2.05) is 0 Å². The molecule has 0 aromatic heterocycles. The van der Waals surface area contributed by atoms with Crippen LogP contribution in [-0.2, 0) is 0 Å². The molecule has 0 radical (unpaired) electrons. The molecule has 5 heteroatoms. The Kier molecular flexibility index (Phi) is 3.11. The van der Waals surface area contributed by atoms with Crippen molar-refractivity contribution in [2.45, 2.75) is 25.2 Å². The number of nitrogens with one attached hydrogen (secondary N) is 1. The fourth-order valence-corrected chi connectivity index (χ4v) is 0.441. The molecule has 0 amide bonds. The lowest BCUT2D eigenvalue weighted by Gasteiger charge is -2.20. The summed E-state index contributed by atoms with van der Waals surface area (Å²) >= 11 is 0. The van der Waals surface area contributed by atoms with Crippen molar-refractivity contribution in [2.24, 2.45) is 0 Å². The fraction of sp³-hybridized carbons (Fsp3) is 1.00. The molecule has 0 bridgehead atoms. The lowest BCUT2D eigenvalue weighted by atomic mass is 10.2. The van der Waals surface area contributed by atoms with Crippen LogP contribution in [0.1, 0.15) is 6.92 Å². The Labute approximate surface area is 57.0 Å². The average molecular weight is 157 g/mol. The summed E-state index contributed by atoms with van der Waals surface area (Å²) in [6, 6.07) is -0.958. The maximum Gasteiger partial charge on any atom is 0.415 e. The summed E-state index contributed by atoms with van der Waals surface area (Å²) in [6.07, 6.45) is -6.81. The molecular weight excluding hydrogens is 147 g/mol. The summed E-state index contributed by atoms with van der Waals surface area (Å²) in [6.45, 7) is 1.26. The third-order valence-corrected chi connectivity index (χ3v) is 1.26. The topological polar surface area (TPSA) is 32.3 Å². The minimum absolute atomic E-state index is 0.958. The quantitative estimate of drug-likeness (QED) is 0.612. The third-order valence-electron chi connectivity index (χ3n) is 1.26. The van der Waals surface area contributed by atoms with Gasteiger partial charge in [-0.05, 0) is 14.0 Å². The van der Waals surface area contributed by atoms with E-state index < -0.39 is 18.3 Å². The smallest absolute Gasteiger partial charge is 0.382 e. The molecule has 0 spiro atoms. The van der Waals surface area contributed by atoms with Gasteiger partial charge in [-0.15, -0.1) is 0 Å². The van der Waals surface area contributed by atoms with Gasteiger partial charge in [-0.3, -0.25) is 0 Å². The number of aliphatic hydroxyl groups excluding tert-OH is 1. The predicted octanol–water partition coefficient (Wildman–Crippen LogP) is 0.517. The molecule has 62 valence electrons. The van der Waals surface area contributed by atoms with Crippen LogP contribution in [0.15, 0.2) is 0 Å². The van der Waals surface area contributed by atoms with Crippen LogP contribution in [0.3, 0.4) is 0 Å². The first-order valence-electron chi connectivity index (χ1n) is 2.81. The van der Waals surface area contributed by atoms with Crippen LogP contribution in [0.4, 0.5) is 13.2 Å². The highest BCUT2D eigenvalue weighted by Gasteiger charge is 2.41. The molecular formula is C5H10F3NO. The van der Waals surface area contributed by atoms with E-state index in [1.54, 1.807) is 0 Å². The van der Waals surface area contributed by atoms with Gasteiger partial charge < -0.3 is 10.4 Å².